The van der Waals surface area contributed by atoms with Gasteiger partial charge >= 0.3 is 0 Å². The molecule has 0 fully saturated rings. The molecule has 1 amide bonds. The lowest BCUT2D eigenvalue weighted by Gasteiger charge is -2.19. The zero-order valence-electron chi connectivity index (χ0n) is 15.5. The molecule has 0 aliphatic rings. The van der Waals surface area contributed by atoms with Crippen molar-refractivity contribution in [3.63, 3.8) is 0 Å². The summed E-state index contributed by atoms with van der Waals surface area (Å²) in [5.74, 6) is -3.75. The van der Waals surface area contributed by atoms with Crippen molar-refractivity contribution in [1.29, 1.82) is 0 Å². The highest BCUT2D eigenvalue weighted by atomic mass is 19.2. The number of amides is 1. The van der Waals surface area contributed by atoms with Crippen LogP contribution in [0.2, 0.25) is 0 Å². The predicted molar refractivity (Wildman–Crippen MR) is 95.6 cm³/mol. The Balaban J connectivity index is 2.04. The molecule has 0 heterocycles. The third-order valence-electron chi connectivity index (χ3n) is 4.01. The number of nitrogens with zero attached hydrogens (tertiary/aromatic N) is 1. The SMILES string of the molecule is COc1cc(C)c(CN(C)CC(=O)Nc2ccc(F)c(F)c2F)cc1OC. The van der Waals surface area contributed by atoms with Crippen molar-refractivity contribution in [2.24, 2.45) is 0 Å². The number of likely N-dealkylation sites (N-methyl/N-ethyl adjacent to an activating group) is 1. The second-order valence-corrected chi connectivity index (χ2v) is 6.08. The van der Waals surface area contributed by atoms with Crippen LogP contribution in [0.5, 0.6) is 11.5 Å². The Morgan fingerprint density at radius 3 is 2.33 bits per heavy atom. The minimum atomic E-state index is -1.62. The third-order valence-corrected chi connectivity index (χ3v) is 4.01. The van der Waals surface area contributed by atoms with Crippen LogP contribution in [0.3, 0.4) is 0 Å². The Bertz CT molecular complexity index is 843. The average molecular weight is 382 g/mol. The third kappa shape index (κ3) is 4.91. The monoisotopic (exact) mass is 382 g/mol. The first-order valence-corrected chi connectivity index (χ1v) is 8.10. The van der Waals surface area contributed by atoms with Gasteiger partial charge in [0, 0.05) is 6.54 Å². The minimum absolute atomic E-state index is 0.0772. The summed E-state index contributed by atoms with van der Waals surface area (Å²) in [5.41, 5.74) is 1.46. The fourth-order valence-corrected chi connectivity index (χ4v) is 2.60. The zero-order chi connectivity index (χ0) is 20.1. The van der Waals surface area contributed by atoms with E-state index in [-0.39, 0.29) is 6.54 Å². The van der Waals surface area contributed by atoms with Crippen LogP contribution in [-0.4, -0.2) is 38.6 Å². The lowest BCUT2D eigenvalue weighted by atomic mass is 10.1. The van der Waals surface area contributed by atoms with Gasteiger partial charge in [-0.2, -0.15) is 0 Å². The fourth-order valence-electron chi connectivity index (χ4n) is 2.60. The molecule has 2 aromatic rings. The van der Waals surface area contributed by atoms with Crippen LogP contribution in [-0.2, 0) is 11.3 Å². The summed E-state index contributed by atoms with van der Waals surface area (Å²) >= 11 is 0. The van der Waals surface area contributed by atoms with E-state index in [2.05, 4.69) is 5.32 Å². The largest absolute Gasteiger partial charge is 0.493 e. The molecule has 1 N–H and O–H groups in total. The molecule has 0 atom stereocenters. The van der Waals surface area contributed by atoms with Crippen LogP contribution in [0.1, 0.15) is 11.1 Å². The maximum Gasteiger partial charge on any atom is 0.238 e. The van der Waals surface area contributed by atoms with E-state index in [4.69, 9.17) is 9.47 Å². The molecule has 0 saturated carbocycles. The standard InChI is InChI=1S/C19H21F3N2O3/c1-11-7-15(26-3)16(27-4)8-12(11)9-24(2)10-17(25)23-14-6-5-13(20)18(21)19(14)22/h5-8H,9-10H2,1-4H3,(H,23,25). The van der Waals surface area contributed by atoms with Gasteiger partial charge in [-0.3, -0.25) is 9.69 Å². The molecule has 27 heavy (non-hydrogen) atoms. The number of carbonyl (C=O) groups is 1. The first-order chi connectivity index (χ1) is 12.8. The normalized spacial score (nSPS) is 10.8. The Kier molecular flexibility index (Phi) is 6.68. The highest BCUT2D eigenvalue weighted by Crippen LogP contribution is 2.30. The fraction of sp³-hybridized carbons (Fsp3) is 0.316. The van der Waals surface area contributed by atoms with Gasteiger partial charge in [-0.05, 0) is 49.4 Å². The number of carbonyl (C=O) groups excluding carboxylic acids is 1. The Labute approximate surface area is 155 Å². The molecular weight excluding hydrogens is 361 g/mol. The first-order valence-electron chi connectivity index (χ1n) is 8.10. The van der Waals surface area contributed by atoms with Gasteiger partial charge in [0.25, 0.3) is 0 Å². The Hall–Kier alpha value is -2.74. The smallest absolute Gasteiger partial charge is 0.238 e. The second-order valence-electron chi connectivity index (χ2n) is 6.08. The Morgan fingerprint density at radius 1 is 1.07 bits per heavy atom. The number of anilines is 1. The summed E-state index contributed by atoms with van der Waals surface area (Å²) in [5, 5.41) is 2.24. The van der Waals surface area contributed by atoms with E-state index in [9.17, 15) is 18.0 Å². The summed E-state index contributed by atoms with van der Waals surface area (Å²) in [6, 6.07) is 5.38. The molecule has 0 spiro atoms. The number of ether oxygens (including phenoxy) is 2. The number of aryl methyl sites for hydroxylation is 1. The average Bonchev–Trinajstić information content (AvgIpc) is 2.63. The van der Waals surface area contributed by atoms with E-state index < -0.39 is 29.0 Å². The summed E-state index contributed by atoms with van der Waals surface area (Å²) in [6.45, 7) is 2.24. The van der Waals surface area contributed by atoms with Crippen molar-refractivity contribution in [3.05, 3.63) is 52.8 Å². The maximum absolute atomic E-state index is 13.6. The van der Waals surface area contributed by atoms with Crippen LogP contribution >= 0.6 is 0 Å². The molecule has 0 aromatic heterocycles. The van der Waals surface area contributed by atoms with Crippen LogP contribution in [0.4, 0.5) is 18.9 Å². The number of rotatable bonds is 7. The highest BCUT2D eigenvalue weighted by molar-refractivity contribution is 5.92. The molecule has 0 aliphatic heterocycles. The van der Waals surface area contributed by atoms with Gasteiger partial charge in [0.05, 0.1) is 26.5 Å². The molecule has 8 heteroatoms. The van der Waals surface area contributed by atoms with E-state index in [0.717, 1.165) is 23.3 Å². The van der Waals surface area contributed by atoms with Gasteiger partial charge in [0.15, 0.2) is 29.0 Å². The number of methoxy groups -OCH3 is 2. The van der Waals surface area contributed by atoms with Gasteiger partial charge in [-0.25, -0.2) is 13.2 Å². The van der Waals surface area contributed by atoms with Crippen molar-refractivity contribution in [3.8, 4) is 11.5 Å². The highest BCUT2D eigenvalue weighted by Gasteiger charge is 2.17. The molecule has 5 nitrogen and oxygen atoms in total. The quantitative estimate of drug-likeness (QED) is 0.745. The summed E-state index contributed by atoms with van der Waals surface area (Å²) in [7, 11) is 4.78. The van der Waals surface area contributed by atoms with Crippen molar-refractivity contribution in [1.82, 2.24) is 4.90 Å². The topological polar surface area (TPSA) is 50.8 Å². The summed E-state index contributed by atoms with van der Waals surface area (Å²) < 4.78 is 50.3. The summed E-state index contributed by atoms with van der Waals surface area (Å²) in [4.78, 5) is 13.8. The Morgan fingerprint density at radius 2 is 1.70 bits per heavy atom. The zero-order valence-corrected chi connectivity index (χ0v) is 15.5. The summed E-state index contributed by atoms with van der Waals surface area (Å²) in [6.07, 6.45) is 0. The number of halogens is 3. The second kappa shape index (κ2) is 8.77. The van der Waals surface area contributed by atoms with Gasteiger partial charge in [0.1, 0.15) is 0 Å². The van der Waals surface area contributed by atoms with E-state index in [1.807, 2.05) is 19.1 Å². The molecule has 2 rings (SSSR count). The predicted octanol–water partition coefficient (Wildman–Crippen LogP) is 3.50. The van der Waals surface area contributed by atoms with Crippen LogP contribution < -0.4 is 14.8 Å². The van der Waals surface area contributed by atoms with Gasteiger partial charge in [0.2, 0.25) is 5.91 Å². The van der Waals surface area contributed by atoms with Gasteiger partial charge < -0.3 is 14.8 Å². The number of benzene rings is 2. The molecule has 2 aromatic carbocycles. The van der Waals surface area contributed by atoms with Crippen molar-refractivity contribution >= 4 is 11.6 Å². The molecular formula is C19H21F3N2O3. The van der Waals surface area contributed by atoms with Crippen LogP contribution in [0.15, 0.2) is 24.3 Å². The lowest BCUT2D eigenvalue weighted by Crippen LogP contribution is -2.30. The van der Waals surface area contributed by atoms with Crippen LogP contribution in [0.25, 0.3) is 0 Å². The molecule has 0 bridgehead atoms. The first kappa shape index (κ1) is 20.6. The molecule has 0 aliphatic carbocycles. The maximum atomic E-state index is 13.6. The van der Waals surface area contributed by atoms with Gasteiger partial charge in [-0.1, -0.05) is 0 Å². The number of hydrogen-bond acceptors (Lipinski definition) is 4. The number of nitrogens with one attached hydrogen (secondary N) is 1. The van der Waals surface area contributed by atoms with E-state index in [1.54, 1.807) is 19.1 Å². The number of hydrogen-bond donors (Lipinski definition) is 1. The van der Waals surface area contributed by atoms with Gasteiger partial charge in [-0.15, -0.1) is 0 Å². The van der Waals surface area contributed by atoms with Crippen molar-refractivity contribution < 1.29 is 27.4 Å². The van der Waals surface area contributed by atoms with Crippen molar-refractivity contribution in [2.45, 2.75) is 13.5 Å². The van der Waals surface area contributed by atoms with Crippen LogP contribution in [0, 0.1) is 24.4 Å². The van der Waals surface area contributed by atoms with Crippen molar-refractivity contribution in [2.75, 3.05) is 33.1 Å². The molecule has 0 radical (unpaired) electrons. The minimum Gasteiger partial charge on any atom is -0.493 e. The molecule has 146 valence electrons. The van der Waals surface area contributed by atoms with E-state index in [1.165, 1.54) is 7.11 Å². The van der Waals surface area contributed by atoms with E-state index >= 15 is 0 Å². The van der Waals surface area contributed by atoms with E-state index in [0.29, 0.717) is 18.0 Å². The lowest BCUT2D eigenvalue weighted by molar-refractivity contribution is -0.117. The molecule has 0 unspecified atom stereocenters. The molecule has 0 saturated heterocycles.